The van der Waals surface area contributed by atoms with Gasteiger partial charge in [0.25, 0.3) is 0 Å². The number of hydrogen-bond acceptors (Lipinski definition) is 5. The van der Waals surface area contributed by atoms with Crippen LogP contribution in [0.1, 0.15) is 27.7 Å². The summed E-state index contributed by atoms with van der Waals surface area (Å²) < 4.78 is 15.0. The van der Waals surface area contributed by atoms with Gasteiger partial charge < -0.3 is 14.2 Å². The van der Waals surface area contributed by atoms with Crippen molar-refractivity contribution in [1.82, 2.24) is 0 Å². The lowest BCUT2D eigenvalue weighted by Gasteiger charge is -2.13. The molecule has 0 fully saturated rings. The minimum absolute atomic E-state index is 0.000602. The second kappa shape index (κ2) is 6.10. The Morgan fingerprint density at radius 3 is 1.38 bits per heavy atom. The molecular formula is C8H14O3S2. The van der Waals surface area contributed by atoms with Gasteiger partial charge in [-0.25, -0.2) is 0 Å². The summed E-state index contributed by atoms with van der Waals surface area (Å²) in [7, 11) is 0. The van der Waals surface area contributed by atoms with E-state index in [0.717, 1.165) is 0 Å². The first-order chi connectivity index (χ1) is 5.91. The molecule has 76 valence electrons. The predicted octanol–water partition coefficient (Wildman–Crippen LogP) is 2.42. The summed E-state index contributed by atoms with van der Waals surface area (Å²) in [4.78, 5) is 0. The minimum atomic E-state index is -0.0191. The molecule has 0 unspecified atom stereocenters. The zero-order valence-corrected chi connectivity index (χ0v) is 9.83. The van der Waals surface area contributed by atoms with Crippen LogP contribution in [0.5, 0.6) is 0 Å². The molecule has 13 heavy (non-hydrogen) atoms. The van der Waals surface area contributed by atoms with E-state index >= 15 is 0 Å². The number of rotatable bonds is 2. The van der Waals surface area contributed by atoms with Gasteiger partial charge >= 0.3 is 10.5 Å². The number of ether oxygens (including phenoxy) is 3. The van der Waals surface area contributed by atoms with Gasteiger partial charge in [-0.2, -0.15) is 0 Å². The van der Waals surface area contributed by atoms with E-state index in [2.05, 4.69) is 0 Å². The Kier molecular flexibility index (Phi) is 5.90. The van der Waals surface area contributed by atoms with Gasteiger partial charge in [0.05, 0.1) is 12.2 Å². The van der Waals surface area contributed by atoms with Crippen molar-refractivity contribution < 1.29 is 14.2 Å². The molecule has 0 radical (unpaired) electrons. The first-order valence-electron chi connectivity index (χ1n) is 4.01. The molecule has 0 heterocycles. The van der Waals surface area contributed by atoms with Gasteiger partial charge in [0.2, 0.25) is 0 Å². The molecular weight excluding hydrogens is 208 g/mol. The van der Waals surface area contributed by atoms with E-state index in [1.807, 2.05) is 27.7 Å². The van der Waals surface area contributed by atoms with Crippen LogP contribution in [0, 0.1) is 0 Å². The monoisotopic (exact) mass is 222 g/mol. The van der Waals surface area contributed by atoms with E-state index in [-0.39, 0.29) is 22.7 Å². The molecule has 0 amide bonds. The summed E-state index contributed by atoms with van der Waals surface area (Å²) >= 11 is 9.49. The molecule has 0 rings (SSSR count). The Balaban J connectivity index is 3.72. The molecule has 0 aliphatic rings. The molecule has 0 aliphatic carbocycles. The van der Waals surface area contributed by atoms with Crippen LogP contribution < -0.4 is 0 Å². The maximum atomic E-state index is 5.04. The van der Waals surface area contributed by atoms with E-state index in [1.165, 1.54) is 0 Å². The zero-order chi connectivity index (χ0) is 10.4. The zero-order valence-electron chi connectivity index (χ0n) is 8.20. The Hall–Kier alpha value is -0.420. The van der Waals surface area contributed by atoms with Crippen LogP contribution in [0.4, 0.5) is 0 Å². The minimum Gasteiger partial charge on any atom is -0.454 e. The fraction of sp³-hybridized carbons (Fsp3) is 0.750. The molecule has 5 heteroatoms. The smallest absolute Gasteiger partial charge is 0.361 e. The number of hydrogen-bond donors (Lipinski definition) is 0. The van der Waals surface area contributed by atoms with E-state index < -0.39 is 0 Å². The Labute approximate surface area is 89.4 Å². The van der Waals surface area contributed by atoms with Crippen LogP contribution >= 0.6 is 24.4 Å². The molecule has 3 nitrogen and oxygen atoms in total. The van der Waals surface area contributed by atoms with Crippen molar-refractivity contribution >= 4 is 34.9 Å². The molecule has 0 N–H and O–H groups in total. The SMILES string of the molecule is CC(C)OC(=S)OC(=S)OC(C)C. The fourth-order valence-corrected chi connectivity index (χ4v) is 1.09. The average molecular weight is 222 g/mol. The Morgan fingerprint density at radius 2 is 1.15 bits per heavy atom. The van der Waals surface area contributed by atoms with Gasteiger partial charge in [-0.15, -0.1) is 0 Å². The summed E-state index contributed by atoms with van der Waals surface area (Å²) in [5.41, 5.74) is 0. The first kappa shape index (κ1) is 12.6. The first-order valence-corrected chi connectivity index (χ1v) is 4.82. The molecule has 0 aromatic heterocycles. The van der Waals surface area contributed by atoms with Crippen molar-refractivity contribution in [1.29, 1.82) is 0 Å². The van der Waals surface area contributed by atoms with Crippen molar-refractivity contribution in [2.45, 2.75) is 39.9 Å². The summed E-state index contributed by atoms with van der Waals surface area (Å²) in [6, 6.07) is 0. The third kappa shape index (κ3) is 7.93. The van der Waals surface area contributed by atoms with E-state index in [0.29, 0.717) is 0 Å². The van der Waals surface area contributed by atoms with Crippen LogP contribution in [-0.4, -0.2) is 22.7 Å². The van der Waals surface area contributed by atoms with Gasteiger partial charge in [-0.3, -0.25) is 0 Å². The highest BCUT2D eigenvalue weighted by molar-refractivity contribution is 7.81. The Bertz CT molecular complexity index is 170. The summed E-state index contributed by atoms with van der Waals surface area (Å²) in [5.74, 6) is 0. The Morgan fingerprint density at radius 1 is 0.846 bits per heavy atom. The molecule has 0 atom stereocenters. The van der Waals surface area contributed by atoms with Gasteiger partial charge in [-0.1, -0.05) is 0 Å². The second-order valence-electron chi connectivity index (χ2n) is 2.94. The summed E-state index contributed by atoms with van der Waals surface area (Å²) in [5, 5.41) is 0.00120. The topological polar surface area (TPSA) is 27.7 Å². The quantitative estimate of drug-likeness (QED) is 0.669. The largest absolute Gasteiger partial charge is 0.454 e. The van der Waals surface area contributed by atoms with Crippen molar-refractivity contribution in [2.24, 2.45) is 0 Å². The van der Waals surface area contributed by atoms with Crippen molar-refractivity contribution in [3.63, 3.8) is 0 Å². The van der Waals surface area contributed by atoms with Crippen molar-refractivity contribution in [3.8, 4) is 0 Å². The molecule has 0 bridgehead atoms. The summed E-state index contributed by atoms with van der Waals surface area (Å²) in [6.07, 6.45) is -0.0382. The highest BCUT2D eigenvalue weighted by Gasteiger charge is 2.08. The molecule has 0 saturated heterocycles. The van der Waals surface area contributed by atoms with E-state index in [9.17, 15) is 0 Å². The molecule has 0 aromatic carbocycles. The van der Waals surface area contributed by atoms with Gasteiger partial charge in [0.15, 0.2) is 0 Å². The fourth-order valence-electron chi connectivity index (χ4n) is 0.501. The van der Waals surface area contributed by atoms with Gasteiger partial charge in [0.1, 0.15) is 0 Å². The third-order valence-electron chi connectivity index (χ3n) is 0.831. The lowest BCUT2D eigenvalue weighted by molar-refractivity contribution is 0.141. The average Bonchev–Trinajstić information content (AvgIpc) is 1.80. The van der Waals surface area contributed by atoms with Crippen LogP contribution in [0.25, 0.3) is 0 Å². The highest BCUT2D eigenvalue weighted by Crippen LogP contribution is 1.98. The van der Waals surface area contributed by atoms with Gasteiger partial charge in [0, 0.05) is 24.4 Å². The van der Waals surface area contributed by atoms with Crippen LogP contribution in [0.15, 0.2) is 0 Å². The van der Waals surface area contributed by atoms with E-state index in [1.54, 1.807) is 0 Å². The normalized spacial score (nSPS) is 10.0. The van der Waals surface area contributed by atoms with E-state index in [4.69, 9.17) is 38.6 Å². The lowest BCUT2D eigenvalue weighted by atomic mass is 10.5. The maximum absolute atomic E-state index is 5.04. The van der Waals surface area contributed by atoms with Crippen molar-refractivity contribution in [3.05, 3.63) is 0 Å². The molecule has 0 aromatic rings. The van der Waals surface area contributed by atoms with Crippen LogP contribution in [-0.2, 0) is 14.2 Å². The predicted molar refractivity (Wildman–Crippen MR) is 58.7 cm³/mol. The second-order valence-corrected chi connectivity index (χ2v) is 3.60. The molecule has 0 aliphatic heterocycles. The van der Waals surface area contributed by atoms with Crippen molar-refractivity contribution in [2.75, 3.05) is 0 Å². The van der Waals surface area contributed by atoms with Gasteiger partial charge in [-0.05, 0) is 27.7 Å². The number of thiocarbonyl (C=S) groups is 2. The van der Waals surface area contributed by atoms with Crippen LogP contribution in [0.3, 0.4) is 0 Å². The highest BCUT2D eigenvalue weighted by atomic mass is 32.1. The van der Waals surface area contributed by atoms with Crippen LogP contribution in [0.2, 0.25) is 0 Å². The standard InChI is InChI=1S/C8H14O3S2/c1-5(2)9-7(12)11-8(13)10-6(3)4/h5-6H,1-4H3. The molecule has 0 saturated carbocycles. The lowest BCUT2D eigenvalue weighted by Crippen LogP contribution is -2.19. The summed E-state index contributed by atoms with van der Waals surface area (Å²) in [6.45, 7) is 7.40. The maximum Gasteiger partial charge on any atom is 0.361 e. The molecule has 0 spiro atoms. The third-order valence-corrected chi connectivity index (χ3v) is 1.19.